The van der Waals surface area contributed by atoms with E-state index in [0.29, 0.717) is 0 Å². The summed E-state index contributed by atoms with van der Waals surface area (Å²) >= 11 is 3.41. The van der Waals surface area contributed by atoms with Crippen molar-refractivity contribution >= 4 is 27.8 Å². The van der Waals surface area contributed by atoms with Gasteiger partial charge in [-0.15, -0.1) is 0 Å². The maximum atomic E-state index is 5.85. The van der Waals surface area contributed by atoms with Crippen LogP contribution < -0.4 is 5.73 Å². The molecule has 0 spiro atoms. The fourth-order valence-electron chi connectivity index (χ4n) is 0.979. The van der Waals surface area contributed by atoms with Gasteiger partial charge in [0.2, 0.25) is 0 Å². The van der Waals surface area contributed by atoms with Gasteiger partial charge >= 0.3 is 0 Å². The summed E-state index contributed by atoms with van der Waals surface area (Å²) in [6.07, 6.45) is 1.76. The number of benzene rings is 1. The summed E-state index contributed by atoms with van der Waals surface area (Å²) in [6, 6.07) is 3.95. The second-order valence-electron chi connectivity index (χ2n) is 2.58. The highest BCUT2D eigenvalue weighted by atomic mass is 79.9. The number of hydrogen-bond acceptors (Lipinski definition) is 2. The Kier molecular flexibility index (Phi) is 6.21. The maximum Gasteiger partial charge on any atom is 0.0444 e. The lowest BCUT2D eigenvalue weighted by atomic mass is 10.1. The number of nitrogens with zero attached hydrogens (tertiary/aromatic N) is 1. The smallest absolute Gasteiger partial charge is 0.0444 e. The van der Waals surface area contributed by atoms with E-state index in [1.165, 1.54) is 0 Å². The first-order chi connectivity index (χ1) is 6.66. The van der Waals surface area contributed by atoms with Gasteiger partial charge in [0.15, 0.2) is 0 Å². The number of nitrogen functional groups attached to an aromatic ring is 1. The lowest BCUT2D eigenvalue weighted by Gasteiger charge is -2.05. The Morgan fingerprint density at radius 2 is 1.93 bits per heavy atom. The Bertz CT molecular complexity index is 319. The predicted molar refractivity (Wildman–Crippen MR) is 68.2 cm³/mol. The van der Waals surface area contributed by atoms with Crippen LogP contribution in [0.5, 0.6) is 0 Å². The zero-order chi connectivity index (χ0) is 11.1. The molecule has 2 N–H and O–H groups in total. The van der Waals surface area contributed by atoms with Crippen molar-refractivity contribution in [2.75, 3.05) is 12.8 Å². The van der Waals surface area contributed by atoms with Gasteiger partial charge < -0.3 is 5.73 Å². The van der Waals surface area contributed by atoms with E-state index < -0.39 is 0 Å². The molecule has 1 aromatic rings. The number of aryl methyl sites for hydroxylation is 1. The molecule has 1 aromatic carbocycles. The summed E-state index contributed by atoms with van der Waals surface area (Å²) in [4.78, 5) is 3.93. The molecule has 0 saturated carbocycles. The van der Waals surface area contributed by atoms with E-state index in [1.807, 2.05) is 32.9 Å². The van der Waals surface area contributed by atoms with Gasteiger partial charge in [-0.05, 0) is 18.6 Å². The van der Waals surface area contributed by atoms with Crippen LogP contribution in [-0.4, -0.2) is 13.3 Å². The minimum atomic E-state index is 0.787. The third kappa shape index (κ3) is 3.14. The molecule has 2 nitrogen and oxygen atoms in total. The Morgan fingerprint density at radius 1 is 1.36 bits per heavy atom. The molecule has 0 radical (unpaired) electrons. The van der Waals surface area contributed by atoms with Crippen LogP contribution in [0.15, 0.2) is 21.6 Å². The molecule has 3 heteroatoms. The lowest BCUT2D eigenvalue weighted by molar-refractivity contribution is 1.42. The van der Waals surface area contributed by atoms with E-state index in [-0.39, 0.29) is 0 Å². The summed E-state index contributed by atoms with van der Waals surface area (Å²) in [5, 5.41) is 0. The maximum absolute atomic E-state index is 5.85. The quantitative estimate of drug-likeness (QED) is 0.607. The number of hydrogen-bond donors (Lipinski definition) is 1. The fourth-order valence-corrected chi connectivity index (χ4v) is 1.43. The SMILES string of the molecule is CC.CN=Cc1c(Br)ccc(C)c1N. The molecular formula is C11H17BrN2. The van der Waals surface area contributed by atoms with Crippen molar-refractivity contribution in [3.05, 3.63) is 27.7 Å². The summed E-state index contributed by atoms with van der Waals surface area (Å²) in [5.74, 6) is 0. The van der Waals surface area contributed by atoms with E-state index in [4.69, 9.17) is 5.73 Å². The van der Waals surface area contributed by atoms with Gasteiger partial charge in [-0.2, -0.15) is 0 Å². The number of halogens is 1. The molecule has 0 heterocycles. The molecule has 0 atom stereocenters. The predicted octanol–water partition coefficient (Wildman–Crippen LogP) is 3.41. The highest BCUT2D eigenvalue weighted by molar-refractivity contribution is 9.10. The van der Waals surface area contributed by atoms with Crippen LogP contribution in [0.1, 0.15) is 25.0 Å². The van der Waals surface area contributed by atoms with Crippen molar-refractivity contribution in [1.82, 2.24) is 0 Å². The number of nitrogens with two attached hydrogens (primary N) is 1. The van der Waals surface area contributed by atoms with Crippen LogP contribution in [0, 0.1) is 6.92 Å². The molecule has 0 amide bonds. The second kappa shape index (κ2) is 6.60. The second-order valence-corrected chi connectivity index (χ2v) is 3.43. The molecule has 0 unspecified atom stereocenters. The number of rotatable bonds is 1. The summed E-state index contributed by atoms with van der Waals surface area (Å²) < 4.78 is 0.983. The van der Waals surface area contributed by atoms with Crippen LogP contribution >= 0.6 is 15.9 Å². The lowest BCUT2D eigenvalue weighted by Crippen LogP contribution is -1.97. The molecule has 1 rings (SSSR count). The average Bonchev–Trinajstić information content (AvgIpc) is 2.22. The van der Waals surface area contributed by atoms with Gasteiger partial charge in [-0.25, -0.2) is 0 Å². The van der Waals surface area contributed by atoms with Crippen molar-refractivity contribution in [3.63, 3.8) is 0 Å². The number of anilines is 1. The molecule has 14 heavy (non-hydrogen) atoms. The number of aliphatic imine (C=N–C) groups is 1. The van der Waals surface area contributed by atoms with Gasteiger partial charge in [0.25, 0.3) is 0 Å². The molecule has 0 aliphatic heterocycles. The van der Waals surface area contributed by atoms with Crippen molar-refractivity contribution in [3.8, 4) is 0 Å². The molecule has 0 bridgehead atoms. The monoisotopic (exact) mass is 256 g/mol. The Balaban J connectivity index is 0.000000791. The normalized spacial score (nSPS) is 9.79. The van der Waals surface area contributed by atoms with Gasteiger partial charge in [0.05, 0.1) is 0 Å². The minimum absolute atomic E-state index is 0.787. The Hall–Kier alpha value is -0.830. The van der Waals surface area contributed by atoms with E-state index in [2.05, 4.69) is 20.9 Å². The third-order valence-corrected chi connectivity index (χ3v) is 2.40. The fraction of sp³-hybridized carbons (Fsp3) is 0.364. The van der Waals surface area contributed by atoms with Crippen molar-refractivity contribution < 1.29 is 0 Å². The Morgan fingerprint density at radius 3 is 2.43 bits per heavy atom. The Labute approximate surface area is 94.4 Å². The van der Waals surface area contributed by atoms with E-state index in [1.54, 1.807) is 13.3 Å². The van der Waals surface area contributed by atoms with E-state index >= 15 is 0 Å². The highest BCUT2D eigenvalue weighted by Crippen LogP contribution is 2.23. The summed E-state index contributed by atoms with van der Waals surface area (Å²) in [6.45, 7) is 5.98. The first kappa shape index (κ1) is 13.2. The molecule has 0 aromatic heterocycles. The zero-order valence-electron chi connectivity index (χ0n) is 9.13. The largest absolute Gasteiger partial charge is 0.398 e. The topological polar surface area (TPSA) is 38.4 Å². The summed E-state index contributed by atoms with van der Waals surface area (Å²) in [5.41, 5.74) is 8.67. The summed E-state index contributed by atoms with van der Waals surface area (Å²) in [7, 11) is 1.73. The van der Waals surface area contributed by atoms with Crippen LogP contribution in [0.25, 0.3) is 0 Å². The standard InChI is InChI=1S/C9H11BrN2.C2H6/c1-6-3-4-8(10)7(5-12-2)9(6)11;1-2/h3-5H,11H2,1-2H3;1-2H3. The first-order valence-corrected chi connectivity index (χ1v) is 5.43. The van der Waals surface area contributed by atoms with Crippen LogP contribution in [-0.2, 0) is 0 Å². The zero-order valence-corrected chi connectivity index (χ0v) is 10.7. The first-order valence-electron chi connectivity index (χ1n) is 4.63. The molecule has 0 saturated heterocycles. The minimum Gasteiger partial charge on any atom is -0.398 e. The molecule has 0 aliphatic rings. The van der Waals surface area contributed by atoms with Crippen LogP contribution in [0.4, 0.5) is 5.69 Å². The van der Waals surface area contributed by atoms with E-state index in [0.717, 1.165) is 21.3 Å². The van der Waals surface area contributed by atoms with E-state index in [9.17, 15) is 0 Å². The average molecular weight is 257 g/mol. The van der Waals surface area contributed by atoms with Crippen LogP contribution in [0.2, 0.25) is 0 Å². The molecule has 78 valence electrons. The van der Waals surface area contributed by atoms with Crippen molar-refractivity contribution in [2.45, 2.75) is 20.8 Å². The van der Waals surface area contributed by atoms with Crippen molar-refractivity contribution in [1.29, 1.82) is 0 Å². The van der Waals surface area contributed by atoms with Gasteiger partial charge in [-0.3, -0.25) is 4.99 Å². The molecule has 0 aliphatic carbocycles. The molecule has 0 fully saturated rings. The van der Waals surface area contributed by atoms with Crippen LogP contribution in [0.3, 0.4) is 0 Å². The third-order valence-electron chi connectivity index (χ3n) is 1.71. The van der Waals surface area contributed by atoms with Crippen molar-refractivity contribution in [2.24, 2.45) is 4.99 Å². The highest BCUT2D eigenvalue weighted by Gasteiger charge is 2.03. The molecular weight excluding hydrogens is 240 g/mol. The van der Waals surface area contributed by atoms with Gasteiger partial charge in [-0.1, -0.05) is 35.8 Å². The van der Waals surface area contributed by atoms with Gasteiger partial charge in [0.1, 0.15) is 0 Å². The van der Waals surface area contributed by atoms with Gasteiger partial charge in [0, 0.05) is 29.0 Å².